The van der Waals surface area contributed by atoms with E-state index in [-0.39, 0.29) is 0 Å². The average Bonchev–Trinajstić information content (AvgIpc) is 3.19. The van der Waals surface area contributed by atoms with E-state index in [9.17, 15) is 4.79 Å². The van der Waals surface area contributed by atoms with Crippen LogP contribution in [0.25, 0.3) is 6.08 Å². The van der Waals surface area contributed by atoms with Crippen molar-refractivity contribution in [3.8, 4) is 0 Å². The number of para-hydroxylation sites is 1. The Morgan fingerprint density at radius 3 is 2.76 bits per heavy atom. The van der Waals surface area contributed by atoms with Crippen molar-refractivity contribution in [3.63, 3.8) is 0 Å². The van der Waals surface area contributed by atoms with Crippen LogP contribution in [0.2, 0.25) is 0 Å². The van der Waals surface area contributed by atoms with E-state index in [1.54, 1.807) is 11.6 Å². The molecule has 0 spiro atoms. The first kappa shape index (κ1) is 17.3. The summed E-state index contributed by atoms with van der Waals surface area (Å²) >= 11 is 0. The van der Waals surface area contributed by atoms with E-state index >= 15 is 0 Å². The summed E-state index contributed by atoms with van der Waals surface area (Å²) in [4.78, 5) is 16.8. The largest absolute Gasteiger partial charge is 0.371 e. The standard InChI is InChI=1S/C19H24N4O2/c24-19(22-25)8-7-15-4-1-2-6-18(15)23-12-9-16(10-13-23)21-14-17-5-3-11-20-17/h1-8,11,16,20-21,25H,9-10,12-14H2,(H,22,24). The molecule has 0 saturated carbocycles. The summed E-state index contributed by atoms with van der Waals surface area (Å²) in [6.45, 7) is 2.81. The van der Waals surface area contributed by atoms with Gasteiger partial charge in [0.15, 0.2) is 0 Å². The second-order valence-corrected chi connectivity index (χ2v) is 6.21. The van der Waals surface area contributed by atoms with E-state index < -0.39 is 5.91 Å². The molecule has 0 atom stereocenters. The molecule has 132 valence electrons. The molecule has 0 radical (unpaired) electrons. The van der Waals surface area contributed by atoms with Gasteiger partial charge in [0.25, 0.3) is 5.91 Å². The topological polar surface area (TPSA) is 80.4 Å². The molecule has 1 saturated heterocycles. The van der Waals surface area contributed by atoms with Crippen molar-refractivity contribution < 1.29 is 10.0 Å². The van der Waals surface area contributed by atoms with Crippen LogP contribution in [0.15, 0.2) is 48.7 Å². The molecule has 0 unspecified atom stereocenters. The van der Waals surface area contributed by atoms with Crippen LogP contribution in [0.5, 0.6) is 0 Å². The van der Waals surface area contributed by atoms with E-state index in [4.69, 9.17) is 5.21 Å². The number of benzene rings is 1. The summed E-state index contributed by atoms with van der Waals surface area (Å²) in [7, 11) is 0. The van der Waals surface area contributed by atoms with Crippen LogP contribution >= 0.6 is 0 Å². The molecule has 1 aromatic heterocycles. The van der Waals surface area contributed by atoms with Gasteiger partial charge in [-0.05, 0) is 42.7 Å². The Balaban J connectivity index is 1.57. The SMILES string of the molecule is O=C(C=Cc1ccccc1N1CCC(NCc2ccc[nH]2)CC1)NO. The van der Waals surface area contributed by atoms with Gasteiger partial charge in [-0.15, -0.1) is 0 Å². The number of nitrogens with zero attached hydrogens (tertiary/aromatic N) is 1. The van der Waals surface area contributed by atoms with Gasteiger partial charge >= 0.3 is 0 Å². The number of carbonyl (C=O) groups excluding carboxylic acids is 1. The maximum Gasteiger partial charge on any atom is 0.267 e. The van der Waals surface area contributed by atoms with Gasteiger partial charge in [0.05, 0.1) is 0 Å². The van der Waals surface area contributed by atoms with Crippen molar-refractivity contribution in [2.75, 3.05) is 18.0 Å². The quantitative estimate of drug-likeness (QED) is 0.369. The highest BCUT2D eigenvalue weighted by Crippen LogP contribution is 2.25. The van der Waals surface area contributed by atoms with E-state index in [2.05, 4.69) is 27.3 Å². The average molecular weight is 340 g/mol. The van der Waals surface area contributed by atoms with E-state index in [1.807, 2.05) is 30.5 Å². The molecular weight excluding hydrogens is 316 g/mol. The summed E-state index contributed by atoms with van der Waals surface area (Å²) in [5, 5.41) is 12.2. The Bertz CT molecular complexity index is 704. The first-order valence-corrected chi connectivity index (χ1v) is 8.58. The number of carbonyl (C=O) groups is 1. The Morgan fingerprint density at radius 1 is 1.24 bits per heavy atom. The van der Waals surface area contributed by atoms with Crippen LogP contribution in [0.3, 0.4) is 0 Å². The van der Waals surface area contributed by atoms with Crippen molar-refractivity contribution in [3.05, 3.63) is 59.9 Å². The third kappa shape index (κ3) is 4.71. The van der Waals surface area contributed by atoms with E-state index in [0.717, 1.165) is 43.7 Å². The molecule has 1 fully saturated rings. The number of aromatic amines is 1. The Kier molecular flexibility index (Phi) is 5.87. The predicted molar refractivity (Wildman–Crippen MR) is 98.3 cm³/mol. The van der Waals surface area contributed by atoms with Crippen molar-refractivity contribution in [1.82, 2.24) is 15.8 Å². The first-order valence-electron chi connectivity index (χ1n) is 8.58. The molecular formula is C19H24N4O2. The number of amides is 1. The number of aromatic nitrogens is 1. The lowest BCUT2D eigenvalue weighted by molar-refractivity contribution is -0.124. The summed E-state index contributed by atoms with van der Waals surface area (Å²) in [5.41, 5.74) is 4.92. The van der Waals surface area contributed by atoms with Crippen molar-refractivity contribution in [1.29, 1.82) is 0 Å². The lowest BCUT2D eigenvalue weighted by atomic mass is 10.0. The molecule has 6 nitrogen and oxygen atoms in total. The fourth-order valence-corrected chi connectivity index (χ4v) is 3.18. The summed E-state index contributed by atoms with van der Waals surface area (Å²) in [5.74, 6) is -0.526. The van der Waals surface area contributed by atoms with Gasteiger partial charge in [0.2, 0.25) is 0 Å². The molecule has 0 bridgehead atoms. The van der Waals surface area contributed by atoms with Gasteiger partial charge < -0.3 is 15.2 Å². The number of nitrogens with one attached hydrogen (secondary N) is 3. The van der Waals surface area contributed by atoms with Crippen molar-refractivity contribution in [2.45, 2.75) is 25.4 Å². The minimum absolute atomic E-state index is 0.516. The molecule has 4 N–H and O–H groups in total. The van der Waals surface area contributed by atoms with Gasteiger partial charge in [0.1, 0.15) is 0 Å². The lowest BCUT2D eigenvalue weighted by Crippen LogP contribution is -2.42. The van der Waals surface area contributed by atoms with Gasteiger partial charge in [-0.1, -0.05) is 18.2 Å². The first-order chi connectivity index (χ1) is 12.3. The Labute approximate surface area is 147 Å². The molecule has 2 aromatic rings. The fraction of sp³-hybridized carbons (Fsp3) is 0.316. The number of piperidine rings is 1. The number of hydrogen-bond acceptors (Lipinski definition) is 4. The minimum atomic E-state index is -0.526. The van der Waals surface area contributed by atoms with Crippen LogP contribution in [-0.4, -0.2) is 35.2 Å². The monoisotopic (exact) mass is 340 g/mol. The third-order valence-electron chi connectivity index (χ3n) is 4.54. The van der Waals surface area contributed by atoms with Gasteiger partial charge in [-0.3, -0.25) is 10.0 Å². The summed E-state index contributed by atoms with van der Waals surface area (Å²) in [6, 6.07) is 12.6. The van der Waals surface area contributed by atoms with Crippen LogP contribution < -0.4 is 15.7 Å². The number of anilines is 1. The van der Waals surface area contributed by atoms with E-state index in [0.29, 0.717) is 6.04 Å². The van der Waals surface area contributed by atoms with Crippen molar-refractivity contribution in [2.24, 2.45) is 0 Å². The molecule has 6 heteroatoms. The molecule has 1 aliphatic heterocycles. The summed E-state index contributed by atoms with van der Waals surface area (Å²) < 4.78 is 0. The predicted octanol–water partition coefficient (Wildman–Crippen LogP) is 2.29. The second-order valence-electron chi connectivity index (χ2n) is 6.21. The third-order valence-corrected chi connectivity index (χ3v) is 4.54. The molecule has 1 amide bonds. The molecule has 0 aliphatic carbocycles. The maximum absolute atomic E-state index is 11.2. The van der Waals surface area contributed by atoms with Gasteiger partial charge in [-0.2, -0.15) is 0 Å². The molecule has 1 aromatic carbocycles. The number of H-pyrrole nitrogens is 1. The highest BCUT2D eigenvalue weighted by atomic mass is 16.5. The zero-order valence-corrected chi connectivity index (χ0v) is 14.1. The van der Waals surface area contributed by atoms with Crippen LogP contribution in [0.1, 0.15) is 24.1 Å². The number of hydroxylamine groups is 1. The zero-order valence-electron chi connectivity index (χ0n) is 14.1. The van der Waals surface area contributed by atoms with Crippen molar-refractivity contribution >= 4 is 17.7 Å². The molecule has 2 heterocycles. The van der Waals surface area contributed by atoms with E-state index in [1.165, 1.54) is 11.8 Å². The number of rotatable bonds is 6. The van der Waals surface area contributed by atoms with Gasteiger partial charge in [0, 0.05) is 49.3 Å². The van der Waals surface area contributed by atoms with Crippen LogP contribution in [0.4, 0.5) is 5.69 Å². The normalized spacial score (nSPS) is 15.6. The summed E-state index contributed by atoms with van der Waals surface area (Å²) in [6.07, 6.45) is 7.17. The highest BCUT2D eigenvalue weighted by molar-refractivity contribution is 5.91. The zero-order chi connectivity index (χ0) is 17.5. The smallest absolute Gasteiger partial charge is 0.267 e. The fourth-order valence-electron chi connectivity index (χ4n) is 3.18. The molecule has 3 rings (SSSR count). The second kappa shape index (κ2) is 8.50. The van der Waals surface area contributed by atoms with Crippen LogP contribution in [0, 0.1) is 0 Å². The Hall–Kier alpha value is -2.57. The van der Waals surface area contributed by atoms with Gasteiger partial charge in [-0.25, -0.2) is 5.48 Å². The molecule has 1 aliphatic rings. The lowest BCUT2D eigenvalue weighted by Gasteiger charge is -2.35. The Morgan fingerprint density at radius 2 is 2.04 bits per heavy atom. The molecule has 25 heavy (non-hydrogen) atoms. The maximum atomic E-state index is 11.2. The minimum Gasteiger partial charge on any atom is -0.371 e. The number of hydrogen-bond donors (Lipinski definition) is 4. The van der Waals surface area contributed by atoms with Crippen LogP contribution in [-0.2, 0) is 11.3 Å². The highest BCUT2D eigenvalue weighted by Gasteiger charge is 2.20.